The van der Waals surface area contributed by atoms with Crippen molar-refractivity contribution in [2.45, 2.75) is 63.9 Å². The van der Waals surface area contributed by atoms with E-state index in [9.17, 15) is 9.90 Å². The zero-order valence-electron chi connectivity index (χ0n) is 15.6. The lowest BCUT2D eigenvalue weighted by atomic mass is 9.98. The van der Waals surface area contributed by atoms with Gasteiger partial charge in [0.2, 0.25) is 0 Å². The van der Waals surface area contributed by atoms with Gasteiger partial charge in [-0.05, 0) is 42.2 Å². The van der Waals surface area contributed by atoms with Crippen molar-refractivity contribution in [3.05, 3.63) is 34.9 Å². The summed E-state index contributed by atoms with van der Waals surface area (Å²) in [4.78, 5) is 11.3. The maximum Gasteiger partial charge on any atom is 0.404 e. The summed E-state index contributed by atoms with van der Waals surface area (Å²) in [6.45, 7) is 10.8. The van der Waals surface area contributed by atoms with Gasteiger partial charge >= 0.3 is 6.09 Å². The largest absolute Gasteiger partial charge is 0.465 e. The van der Waals surface area contributed by atoms with Crippen LogP contribution in [0.25, 0.3) is 0 Å². The smallest absolute Gasteiger partial charge is 0.404 e. The minimum absolute atomic E-state index is 0.00241. The van der Waals surface area contributed by atoms with Crippen molar-refractivity contribution in [1.82, 2.24) is 5.32 Å². The van der Waals surface area contributed by atoms with E-state index in [0.29, 0.717) is 17.9 Å². The fourth-order valence-electron chi connectivity index (χ4n) is 2.23. The Morgan fingerprint density at radius 1 is 1.36 bits per heavy atom. The molecule has 1 aromatic carbocycles. The molecule has 0 saturated carbocycles. The van der Waals surface area contributed by atoms with Gasteiger partial charge in [-0.3, -0.25) is 0 Å². The predicted octanol–water partition coefficient (Wildman–Crippen LogP) is 5.45. The summed E-state index contributed by atoms with van der Waals surface area (Å²) >= 11 is 6.00. The Balaban J connectivity index is 3.26. The van der Waals surface area contributed by atoms with Crippen molar-refractivity contribution in [1.29, 1.82) is 0 Å². The molecule has 0 spiro atoms. The summed E-state index contributed by atoms with van der Waals surface area (Å²) in [6.07, 6.45) is 4.86. The lowest BCUT2D eigenvalue weighted by Gasteiger charge is -2.41. The van der Waals surface area contributed by atoms with Crippen molar-refractivity contribution in [2.75, 3.05) is 0 Å². The summed E-state index contributed by atoms with van der Waals surface area (Å²) in [5.41, 5.74) is 0.894. The first-order valence-corrected chi connectivity index (χ1v) is 11.6. The second kappa shape index (κ2) is 8.75. The number of hydrogen-bond donors (Lipinski definition) is 2. The molecule has 1 aromatic rings. The van der Waals surface area contributed by atoms with Crippen LogP contribution in [-0.2, 0) is 4.43 Å². The van der Waals surface area contributed by atoms with E-state index in [1.54, 1.807) is 12.1 Å². The molecule has 0 saturated heterocycles. The highest BCUT2D eigenvalue weighted by Crippen LogP contribution is 2.41. The minimum Gasteiger partial charge on any atom is -0.465 e. The number of rotatable bonds is 7. The number of halogens is 1. The molecule has 0 heterocycles. The fraction of sp³-hybridized carbons (Fsp3) is 0.526. The highest BCUT2D eigenvalue weighted by Gasteiger charge is 2.41. The standard InChI is InChI=1S/C19H28ClNO3Si/c1-7-8-9-16(21-18(22)23)17(14-10-12-15(20)13-11-14)24-25(5,6)19(2,3)4/h1,10-13,16-17,21H,8-9H2,2-6H3,(H,22,23)/t16-,17-/m1/s1. The zero-order chi connectivity index (χ0) is 19.3. The van der Waals surface area contributed by atoms with Crippen LogP contribution in [0.3, 0.4) is 0 Å². The zero-order valence-corrected chi connectivity index (χ0v) is 17.4. The lowest BCUT2D eigenvalue weighted by Crippen LogP contribution is -2.47. The molecule has 138 valence electrons. The molecule has 1 rings (SSSR count). The van der Waals surface area contributed by atoms with Crippen LogP contribution in [0.1, 0.15) is 45.3 Å². The van der Waals surface area contributed by atoms with E-state index in [1.165, 1.54) is 0 Å². The number of hydrogen-bond acceptors (Lipinski definition) is 2. The van der Waals surface area contributed by atoms with Crippen LogP contribution >= 0.6 is 11.6 Å². The van der Waals surface area contributed by atoms with Gasteiger partial charge in [0.25, 0.3) is 0 Å². The first-order chi connectivity index (χ1) is 11.5. The van der Waals surface area contributed by atoms with Gasteiger partial charge in [0.15, 0.2) is 8.32 Å². The van der Waals surface area contributed by atoms with E-state index in [1.807, 2.05) is 12.1 Å². The topological polar surface area (TPSA) is 58.6 Å². The van der Waals surface area contributed by atoms with Crippen LogP contribution in [0.4, 0.5) is 4.79 Å². The Hall–Kier alpha value is -1.48. The van der Waals surface area contributed by atoms with Gasteiger partial charge < -0.3 is 14.8 Å². The predicted molar refractivity (Wildman–Crippen MR) is 105 cm³/mol. The summed E-state index contributed by atoms with van der Waals surface area (Å²) < 4.78 is 6.59. The van der Waals surface area contributed by atoms with Gasteiger partial charge in [0, 0.05) is 11.4 Å². The molecular weight excluding hydrogens is 354 g/mol. The molecule has 0 aromatic heterocycles. The number of carbonyl (C=O) groups is 1. The summed E-state index contributed by atoms with van der Waals surface area (Å²) in [5.74, 6) is 2.58. The van der Waals surface area contributed by atoms with Crippen molar-refractivity contribution in [3.8, 4) is 12.3 Å². The van der Waals surface area contributed by atoms with E-state index in [0.717, 1.165) is 5.56 Å². The van der Waals surface area contributed by atoms with Gasteiger partial charge in [0.1, 0.15) is 0 Å². The first-order valence-electron chi connectivity index (χ1n) is 8.34. The third kappa shape index (κ3) is 6.39. The Labute approximate surface area is 157 Å². The number of terminal acetylenes is 1. The van der Waals surface area contributed by atoms with Crippen molar-refractivity contribution in [2.24, 2.45) is 0 Å². The number of amides is 1. The summed E-state index contributed by atoms with van der Waals surface area (Å²) in [6, 6.07) is 6.92. The van der Waals surface area contributed by atoms with E-state index in [-0.39, 0.29) is 5.04 Å². The average molecular weight is 382 g/mol. The molecule has 6 heteroatoms. The monoisotopic (exact) mass is 381 g/mol. The van der Waals surface area contributed by atoms with E-state index in [4.69, 9.17) is 22.5 Å². The molecule has 0 bridgehead atoms. The molecule has 0 aliphatic heterocycles. The SMILES string of the molecule is C#CCC[C@@H](NC(=O)O)[C@H](O[Si](C)(C)C(C)(C)C)c1ccc(Cl)cc1. The van der Waals surface area contributed by atoms with Crippen LogP contribution in [0, 0.1) is 12.3 Å². The number of benzene rings is 1. The second-order valence-electron chi connectivity index (χ2n) is 7.65. The Kier molecular flexibility index (Phi) is 7.55. The second-order valence-corrected chi connectivity index (χ2v) is 12.8. The van der Waals surface area contributed by atoms with Gasteiger partial charge in [-0.25, -0.2) is 4.79 Å². The van der Waals surface area contributed by atoms with E-state index < -0.39 is 26.6 Å². The molecule has 2 atom stereocenters. The Morgan fingerprint density at radius 3 is 2.36 bits per heavy atom. The van der Waals surface area contributed by atoms with Gasteiger partial charge in [0.05, 0.1) is 12.1 Å². The minimum atomic E-state index is -2.13. The van der Waals surface area contributed by atoms with Gasteiger partial charge in [-0.2, -0.15) is 0 Å². The molecule has 0 fully saturated rings. The first kappa shape index (κ1) is 21.6. The molecule has 0 aliphatic rings. The Bertz CT molecular complexity index is 617. The average Bonchev–Trinajstić information content (AvgIpc) is 2.49. The maximum atomic E-state index is 11.3. The molecule has 2 N–H and O–H groups in total. The quantitative estimate of drug-likeness (QED) is 0.487. The highest BCUT2D eigenvalue weighted by atomic mass is 35.5. The molecule has 0 unspecified atom stereocenters. The van der Waals surface area contributed by atoms with Gasteiger partial charge in [-0.15, -0.1) is 12.3 Å². The van der Waals surface area contributed by atoms with Crippen molar-refractivity contribution in [3.63, 3.8) is 0 Å². The number of nitrogens with one attached hydrogen (secondary N) is 1. The van der Waals surface area contributed by atoms with Crippen molar-refractivity contribution >= 4 is 26.0 Å². The third-order valence-electron chi connectivity index (χ3n) is 4.70. The normalized spacial score (nSPS) is 14.4. The molecule has 0 radical (unpaired) electrons. The number of carboxylic acid groups (broad SMARTS) is 1. The van der Waals surface area contributed by atoms with Crippen LogP contribution in [0.5, 0.6) is 0 Å². The van der Waals surface area contributed by atoms with E-state index in [2.05, 4.69) is 45.1 Å². The molecule has 25 heavy (non-hydrogen) atoms. The summed E-state index contributed by atoms with van der Waals surface area (Å²) in [7, 11) is -2.13. The van der Waals surface area contributed by atoms with Crippen LogP contribution in [-0.4, -0.2) is 25.6 Å². The summed E-state index contributed by atoms with van der Waals surface area (Å²) in [5, 5.41) is 12.5. The third-order valence-corrected chi connectivity index (χ3v) is 9.41. The Morgan fingerprint density at radius 2 is 1.92 bits per heavy atom. The molecule has 4 nitrogen and oxygen atoms in total. The fourth-order valence-corrected chi connectivity index (χ4v) is 3.64. The molecule has 1 amide bonds. The molecular formula is C19H28ClNO3Si. The van der Waals surface area contributed by atoms with Crippen LogP contribution in [0.15, 0.2) is 24.3 Å². The maximum absolute atomic E-state index is 11.3. The highest BCUT2D eigenvalue weighted by molar-refractivity contribution is 6.74. The lowest BCUT2D eigenvalue weighted by molar-refractivity contribution is 0.124. The van der Waals surface area contributed by atoms with Crippen LogP contribution < -0.4 is 5.32 Å². The van der Waals surface area contributed by atoms with E-state index >= 15 is 0 Å². The van der Waals surface area contributed by atoms with Crippen LogP contribution in [0.2, 0.25) is 23.2 Å². The molecule has 0 aliphatic carbocycles. The van der Waals surface area contributed by atoms with Gasteiger partial charge in [-0.1, -0.05) is 44.5 Å². The van der Waals surface area contributed by atoms with Crippen molar-refractivity contribution < 1.29 is 14.3 Å².